The van der Waals surface area contributed by atoms with E-state index < -0.39 is 35.0 Å². The van der Waals surface area contributed by atoms with Crippen LogP contribution in [0.15, 0.2) is 36.9 Å². The molecule has 36 heavy (non-hydrogen) atoms. The van der Waals surface area contributed by atoms with Crippen molar-refractivity contribution in [3.8, 4) is 5.75 Å². The molecule has 0 aliphatic heterocycles. The first-order chi connectivity index (χ1) is 16.9. The van der Waals surface area contributed by atoms with Gasteiger partial charge in [-0.05, 0) is 61.1 Å². The highest BCUT2D eigenvalue weighted by Gasteiger charge is 2.68. The van der Waals surface area contributed by atoms with Crippen molar-refractivity contribution >= 4 is 17.8 Å². The molecule has 0 heterocycles. The number of carbonyl (C=O) groups is 3. The number of ketones is 1. The molecule has 1 aromatic carbocycles. The van der Waals surface area contributed by atoms with Crippen LogP contribution in [0.25, 0.3) is 0 Å². The number of aliphatic hydroxyl groups is 1. The normalized spacial score (nSPS) is 39.8. The first-order valence-corrected chi connectivity index (χ1v) is 12.9. The van der Waals surface area contributed by atoms with Crippen LogP contribution in [0.1, 0.15) is 70.2 Å². The summed E-state index contributed by atoms with van der Waals surface area (Å²) in [5, 5.41) is 13.9. The van der Waals surface area contributed by atoms with Gasteiger partial charge in [-0.1, -0.05) is 39.8 Å². The van der Waals surface area contributed by atoms with Crippen LogP contribution in [0.4, 0.5) is 4.79 Å². The van der Waals surface area contributed by atoms with Gasteiger partial charge in [0.15, 0.2) is 0 Å². The molecule has 0 aromatic heterocycles. The third kappa shape index (κ3) is 3.96. The lowest BCUT2D eigenvalue weighted by Gasteiger charge is -2.61. The number of nitrogens with one attached hydrogen (secondary N) is 1. The zero-order valence-corrected chi connectivity index (χ0v) is 22.0. The van der Waals surface area contributed by atoms with Crippen LogP contribution in [0.2, 0.25) is 0 Å². The number of carbonyl (C=O) groups excluding carboxylic acids is 3. The van der Waals surface area contributed by atoms with E-state index in [1.165, 1.54) is 7.11 Å². The van der Waals surface area contributed by atoms with Gasteiger partial charge in [-0.3, -0.25) is 14.9 Å². The summed E-state index contributed by atoms with van der Waals surface area (Å²) in [6, 6.07) is 6.51. The Morgan fingerprint density at radius 2 is 1.94 bits per heavy atom. The number of Topliss-reactive ketones (excluding diaryl/α,β-unsaturated/α-hetero) is 1. The summed E-state index contributed by atoms with van der Waals surface area (Å²) in [5.41, 5.74) is -1.45. The van der Waals surface area contributed by atoms with E-state index in [1.54, 1.807) is 30.3 Å². The Bertz CT molecular complexity index is 1070. The lowest BCUT2D eigenvalue weighted by atomic mass is 9.44. The Morgan fingerprint density at radius 3 is 2.61 bits per heavy atom. The minimum Gasteiger partial charge on any atom is -0.497 e. The van der Waals surface area contributed by atoms with Crippen molar-refractivity contribution in [2.24, 2.45) is 34.0 Å². The maximum Gasteiger partial charge on any atom is 0.414 e. The minimum absolute atomic E-state index is 0.104. The maximum absolute atomic E-state index is 13.4. The van der Waals surface area contributed by atoms with Crippen LogP contribution in [-0.2, 0) is 9.53 Å². The molecule has 8 atom stereocenters. The molecule has 2 amide bonds. The van der Waals surface area contributed by atoms with E-state index in [9.17, 15) is 19.5 Å². The van der Waals surface area contributed by atoms with Gasteiger partial charge in [0.05, 0.1) is 13.2 Å². The molecule has 1 aromatic rings. The Labute approximate surface area is 213 Å². The molecule has 7 heteroatoms. The standard InChI is InChI=1S/C29H39NO6/c1-7-27(4)16-22(36-26(34)30-25(33)19-9-8-10-20(15-19)35-6)28(5)17(2)11-13-29(18(3)24(27)32)14-12-21(31)23(28)29/h7-10,15,17-18,22-24,32H,1,11-14,16H2,2-6H3,(H,30,33,34)/t17-,18+,22-,23+,24+,27-,28+,29+/m1/s1. The third-order valence-corrected chi connectivity index (χ3v) is 10.1. The van der Waals surface area contributed by atoms with Gasteiger partial charge >= 0.3 is 6.09 Å². The highest BCUT2D eigenvalue weighted by atomic mass is 16.6. The topological polar surface area (TPSA) is 102 Å². The van der Waals surface area contributed by atoms with E-state index in [1.807, 2.05) is 6.92 Å². The minimum atomic E-state index is -0.864. The molecule has 3 aliphatic rings. The van der Waals surface area contributed by atoms with Gasteiger partial charge in [0.25, 0.3) is 5.91 Å². The quantitative estimate of drug-likeness (QED) is 0.572. The summed E-state index contributed by atoms with van der Waals surface area (Å²) in [6.07, 6.45) is 2.71. The Kier molecular flexibility index (Phi) is 6.84. The molecule has 196 valence electrons. The largest absolute Gasteiger partial charge is 0.497 e. The summed E-state index contributed by atoms with van der Waals surface area (Å²) in [4.78, 5) is 39.3. The lowest BCUT2D eigenvalue weighted by molar-refractivity contribution is -0.191. The van der Waals surface area contributed by atoms with E-state index >= 15 is 0 Å². The van der Waals surface area contributed by atoms with Crippen LogP contribution < -0.4 is 10.1 Å². The molecule has 3 aliphatic carbocycles. The highest BCUT2D eigenvalue weighted by molar-refractivity contribution is 6.03. The average Bonchev–Trinajstić information content (AvgIpc) is 3.22. The van der Waals surface area contributed by atoms with Crippen LogP contribution >= 0.6 is 0 Å². The number of hydrogen-bond donors (Lipinski definition) is 2. The van der Waals surface area contributed by atoms with Crippen molar-refractivity contribution in [3.05, 3.63) is 42.5 Å². The fraction of sp³-hybridized carbons (Fsp3) is 0.621. The van der Waals surface area contributed by atoms with E-state index in [4.69, 9.17) is 9.47 Å². The second-order valence-electron chi connectivity index (χ2n) is 11.7. The number of methoxy groups -OCH3 is 1. The number of ether oxygens (including phenoxy) is 2. The van der Waals surface area contributed by atoms with Gasteiger partial charge in [0.2, 0.25) is 0 Å². The molecule has 2 bridgehead atoms. The number of aliphatic hydroxyl groups excluding tert-OH is 1. The predicted molar refractivity (Wildman–Crippen MR) is 135 cm³/mol. The Morgan fingerprint density at radius 1 is 1.22 bits per heavy atom. The first kappa shape index (κ1) is 26.4. The summed E-state index contributed by atoms with van der Waals surface area (Å²) < 4.78 is 11.2. The highest BCUT2D eigenvalue weighted by Crippen LogP contribution is 2.67. The van der Waals surface area contributed by atoms with Crippen molar-refractivity contribution < 1.29 is 29.0 Å². The number of amides is 2. The van der Waals surface area contributed by atoms with Gasteiger partial charge in [-0.15, -0.1) is 6.58 Å². The summed E-state index contributed by atoms with van der Waals surface area (Å²) in [5.74, 6) is -0.223. The van der Waals surface area contributed by atoms with Crippen molar-refractivity contribution in [2.45, 2.75) is 72.0 Å². The van der Waals surface area contributed by atoms with E-state index in [0.717, 1.165) is 19.3 Å². The molecular weight excluding hydrogens is 458 g/mol. The molecule has 7 nitrogen and oxygen atoms in total. The van der Waals surface area contributed by atoms with Gasteiger partial charge in [0.1, 0.15) is 17.6 Å². The lowest BCUT2D eigenvalue weighted by Crippen LogP contribution is -2.63. The molecule has 4 rings (SSSR count). The summed E-state index contributed by atoms with van der Waals surface area (Å²) in [6.45, 7) is 12.2. The maximum atomic E-state index is 13.4. The third-order valence-electron chi connectivity index (χ3n) is 10.1. The first-order valence-electron chi connectivity index (χ1n) is 12.9. The van der Waals surface area contributed by atoms with Crippen LogP contribution in [0.5, 0.6) is 5.75 Å². The van der Waals surface area contributed by atoms with Crippen molar-refractivity contribution in [2.75, 3.05) is 7.11 Å². The van der Waals surface area contributed by atoms with E-state index in [0.29, 0.717) is 18.6 Å². The number of benzene rings is 1. The Balaban J connectivity index is 1.69. The van der Waals surface area contributed by atoms with Crippen LogP contribution in [0, 0.1) is 34.0 Å². The van der Waals surface area contributed by atoms with Crippen molar-refractivity contribution in [1.29, 1.82) is 0 Å². The summed E-state index contributed by atoms with van der Waals surface area (Å²) in [7, 11) is 1.50. The molecule has 3 fully saturated rings. The fourth-order valence-corrected chi connectivity index (χ4v) is 7.59. The van der Waals surface area contributed by atoms with Crippen molar-refractivity contribution in [1.82, 2.24) is 5.32 Å². The van der Waals surface area contributed by atoms with Crippen LogP contribution in [0.3, 0.4) is 0 Å². The second kappa shape index (κ2) is 9.33. The summed E-state index contributed by atoms with van der Waals surface area (Å²) >= 11 is 0. The molecule has 0 saturated heterocycles. The van der Waals surface area contributed by atoms with Crippen LogP contribution in [-0.4, -0.2) is 42.2 Å². The van der Waals surface area contributed by atoms with Gasteiger partial charge in [-0.2, -0.15) is 0 Å². The number of alkyl carbamates (subject to hydrolysis) is 1. The molecule has 0 unspecified atom stereocenters. The zero-order chi connectivity index (χ0) is 26.5. The number of imide groups is 1. The molecule has 0 radical (unpaired) electrons. The second-order valence-corrected chi connectivity index (χ2v) is 11.7. The molecule has 2 N–H and O–H groups in total. The van der Waals surface area contributed by atoms with Gasteiger partial charge < -0.3 is 14.6 Å². The molecule has 3 saturated carbocycles. The van der Waals surface area contributed by atoms with Gasteiger partial charge in [0, 0.05) is 28.7 Å². The average molecular weight is 498 g/mol. The SMILES string of the molecule is C=C[C@]1(C)C[C@@H](OC(=O)NC(=O)c2cccc(OC)c2)[C@]2(C)[C@H](C)CC[C@]3(CCC(=O)[C@H]32)[C@@H](C)[C@@H]1O. The number of hydrogen-bond acceptors (Lipinski definition) is 6. The van der Waals surface area contributed by atoms with E-state index in [-0.39, 0.29) is 34.5 Å². The zero-order valence-electron chi connectivity index (χ0n) is 22.0. The number of rotatable bonds is 4. The Hall–Kier alpha value is -2.67. The van der Waals surface area contributed by atoms with Gasteiger partial charge in [-0.25, -0.2) is 4.79 Å². The molecular formula is C29H39NO6. The fourth-order valence-electron chi connectivity index (χ4n) is 7.59. The van der Waals surface area contributed by atoms with E-state index in [2.05, 4.69) is 32.7 Å². The smallest absolute Gasteiger partial charge is 0.414 e. The monoisotopic (exact) mass is 497 g/mol. The van der Waals surface area contributed by atoms with Crippen molar-refractivity contribution in [3.63, 3.8) is 0 Å². The molecule has 0 spiro atoms. The predicted octanol–water partition coefficient (Wildman–Crippen LogP) is 4.92.